The molecule has 0 aliphatic rings. The van der Waals surface area contributed by atoms with Gasteiger partial charge in [-0.2, -0.15) is 10.2 Å². The highest BCUT2D eigenvalue weighted by Gasteiger charge is 2.13. The Labute approximate surface area is 184 Å². The van der Waals surface area contributed by atoms with Crippen molar-refractivity contribution in [2.45, 2.75) is 6.92 Å². The molecule has 4 heterocycles. The molecule has 0 saturated carbocycles. The molecule has 0 unspecified atom stereocenters. The van der Waals surface area contributed by atoms with Crippen molar-refractivity contribution in [1.82, 2.24) is 34.5 Å². The Bertz CT molecular complexity index is 1400. The van der Waals surface area contributed by atoms with Gasteiger partial charge in [0.2, 0.25) is 5.95 Å². The first kappa shape index (κ1) is 19.7. The molecular formula is C23H22N8O. The summed E-state index contributed by atoms with van der Waals surface area (Å²) in [6, 6.07) is 7.87. The summed E-state index contributed by atoms with van der Waals surface area (Å²) >= 11 is 0. The van der Waals surface area contributed by atoms with Gasteiger partial charge in [-0.3, -0.25) is 14.3 Å². The standard InChI is InChI=1S/C23H22N8O/c1-4-32-20-9-15(17-11-26-30(2)13-17)5-6-19(20)28-23-25-10-16-7-8-24-21(22(16)29-23)18-12-27-31(3)14-18/h5-14H,4H2,1-3H3,(H,25,28,29). The summed E-state index contributed by atoms with van der Waals surface area (Å²) in [7, 11) is 3.77. The third-order valence-electron chi connectivity index (χ3n) is 5.04. The van der Waals surface area contributed by atoms with E-state index in [2.05, 4.69) is 25.5 Å². The van der Waals surface area contributed by atoms with Crippen molar-refractivity contribution >= 4 is 22.5 Å². The summed E-state index contributed by atoms with van der Waals surface area (Å²) in [4.78, 5) is 13.8. The van der Waals surface area contributed by atoms with E-state index in [0.717, 1.165) is 44.7 Å². The zero-order valence-electron chi connectivity index (χ0n) is 18.0. The highest BCUT2D eigenvalue weighted by Crippen LogP contribution is 2.33. The number of anilines is 2. The van der Waals surface area contributed by atoms with E-state index in [0.29, 0.717) is 12.6 Å². The summed E-state index contributed by atoms with van der Waals surface area (Å²) in [5, 5.41) is 12.7. The molecule has 0 aliphatic heterocycles. The second-order valence-electron chi connectivity index (χ2n) is 7.37. The molecule has 1 N–H and O–H groups in total. The number of nitrogens with zero attached hydrogens (tertiary/aromatic N) is 7. The first-order valence-electron chi connectivity index (χ1n) is 10.2. The highest BCUT2D eigenvalue weighted by molar-refractivity contribution is 5.91. The second-order valence-corrected chi connectivity index (χ2v) is 7.37. The average molecular weight is 426 g/mol. The molecule has 160 valence electrons. The Balaban J connectivity index is 1.52. The summed E-state index contributed by atoms with van der Waals surface area (Å²) in [5.74, 6) is 1.18. The fourth-order valence-corrected chi connectivity index (χ4v) is 3.54. The summed E-state index contributed by atoms with van der Waals surface area (Å²) in [6.07, 6.45) is 11.0. The maximum absolute atomic E-state index is 5.89. The van der Waals surface area contributed by atoms with Crippen LogP contribution in [0.4, 0.5) is 11.6 Å². The highest BCUT2D eigenvalue weighted by atomic mass is 16.5. The Morgan fingerprint density at radius 3 is 2.41 bits per heavy atom. The molecule has 0 aliphatic carbocycles. The zero-order chi connectivity index (χ0) is 22.1. The monoisotopic (exact) mass is 426 g/mol. The molecule has 0 radical (unpaired) electrons. The van der Waals surface area contributed by atoms with Crippen LogP contribution in [0.25, 0.3) is 33.3 Å². The van der Waals surface area contributed by atoms with Gasteiger partial charge in [-0.25, -0.2) is 9.97 Å². The molecule has 1 aromatic carbocycles. The van der Waals surface area contributed by atoms with Crippen LogP contribution in [0.15, 0.2) is 61.4 Å². The normalized spacial score (nSPS) is 11.1. The van der Waals surface area contributed by atoms with Crippen molar-refractivity contribution < 1.29 is 4.74 Å². The van der Waals surface area contributed by atoms with Crippen molar-refractivity contribution in [3.63, 3.8) is 0 Å². The molecule has 5 rings (SSSR count). The van der Waals surface area contributed by atoms with Crippen LogP contribution in [0, 0.1) is 0 Å². The van der Waals surface area contributed by atoms with Gasteiger partial charge in [-0.15, -0.1) is 0 Å². The molecule has 0 amide bonds. The Hall–Kier alpha value is -4.27. The topological polar surface area (TPSA) is 95.6 Å². The minimum Gasteiger partial charge on any atom is -0.492 e. The molecule has 9 heteroatoms. The molecule has 0 atom stereocenters. The van der Waals surface area contributed by atoms with Crippen molar-refractivity contribution in [2.24, 2.45) is 14.1 Å². The fourth-order valence-electron chi connectivity index (χ4n) is 3.54. The van der Waals surface area contributed by atoms with Gasteiger partial charge in [0.05, 0.1) is 30.4 Å². The zero-order valence-corrected chi connectivity index (χ0v) is 18.0. The van der Waals surface area contributed by atoms with Crippen molar-refractivity contribution in [1.29, 1.82) is 0 Å². The number of pyridine rings is 1. The van der Waals surface area contributed by atoms with E-state index in [-0.39, 0.29) is 0 Å². The number of nitrogens with one attached hydrogen (secondary N) is 1. The number of aryl methyl sites for hydroxylation is 2. The smallest absolute Gasteiger partial charge is 0.227 e. The Kier molecular flexibility index (Phi) is 4.98. The molecule has 4 aromatic heterocycles. The Morgan fingerprint density at radius 2 is 1.69 bits per heavy atom. The lowest BCUT2D eigenvalue weighted by molar-refractivity contribution is 0.342. The van der Waals surface area contributed by atoms with Crippen LogP contribution in [0.5, 0.6) is 5.75 Å². The van der Waals surface area contributed by atoms with Crippen molar-refractivity contribution in [2.75, 3.05) is 11.9 Å². The summed E-state index contributed by atoms with van der Waals surface area (Å²) in [6.45, 7) is 2.50. The van der Waals surface area contributed by atoms with E-state index in [1.807, 2.05) is 63.9 Å². The van der Waals surface area contributed by atoms with Gasteiger partial charge in [0, 0.05) is 55.4 Å². The molecule has 9 nitrogen and oxygen atoms in total. The number of hydrogen-bond donors (Lipinski definition) is 1. The van der Waals surface area contributed by atoms with Gasteiger partial charge in [0.25, 0.3) is 0 Å². The van der Waals surface area contributed by atoms with Crippen molar-refractivity contribution in [3.8, 4) is 28.1 Å². The van der Waals surface area contributed by atoms with Crippen LogP contribution in [0.2, 0.25) is 0 Å². The predicted octanol–water partition coefficient (Wildman–Crippen LogP) is 3.97. The number of fused-ring (bicyclic) bond motifs is 1. The van der Waals surface area contributed by atoms with Gasteiger partial charge in [-0.1, -0.05) is 6.07 Å². The van der Waals surface area contributed by atoms with E-state index in [4.69, 9.17) is 9.72 Å². The molecular weight excluding hydrogens is 404 g/mol. The quantitative estimate of drug-likeness (QED) is 0.439. The minimum absolute atomic E-state index is 0.464. The maximum atomic E-state index is 5.89. The van der Waals surface area contributed by atoms with E-state index in [9.17, 15) is 0 Å². The van der Waals surface area contributed by atoms with Crippen LogP contribution in [0.3, 0.4) is 0 Å². The third kappa shape index (κ3) is 3.76. The number of hydrogen-bond acceptors (Lipinski definition) is 7. The third-order valence-corrected chi connectivity index (χ3v) is 5.04. The van der Waals surface area contributed by atoms with Gasteiger partial charge in [0.15, 0.2) is 0 Å². The fraction of sp³-hybridized carbons (Fsp3) is 0.174. The largest absolute Gasteiger partial charge is 0.492 e. The lowest BCUT2D eigenvalue weighted by Gasteiger charge is -2.13. The SMILES string of the molecule is CCOc1cc(-c2cnn(C)c2)ccc1Nc1ncc2ccnc(-c3cnn(C)c3)c2n1. The van der Waals surface area contributed by atoms with Crippen LogP contribution < -0.4 is 10.1 Å². The predicted molar refractivity (Wildman–Crippen MR) is 123 cm³/mol. The van der Waals surface area contributed by atoms with Crippen molar-refractivity contribution in [3.05, 3.63) is 61.4 Å². The van der Waals surface area contributed by atoms with Crippen LogP contribution in [-0.2, 0) is 14.1 Å². The van der Waals surface area contributed by atoms with Gasteiger partial charge in [-0.05, 0) is 30.7 Å². The maximum Gasteiger partial charge on any atom is 0.227 e. The van der Waals surface area contributed by atoms with Crippen LogP contribution >= 0.6 is 0 Å². The van der Waals surface area contributed by atoms with Crippen LogP contribution in [-0.4, -0.2) is 41.1 Å². The lowest BCUT2D eigenvalue weighted by atomic mass is 10.1. The Morgan fingerprint density at radius 1 is 0.906 bits per heavy atom. The number of benzene rings is 1. The number of ether oxygens (including phenoxy) is 1. The molecule has 0 fully saturated rings. The average Bonchev–Trinajstić information content (AvgIpc) is 3.43. The molecule has 32 heavy (non-hydrogen) atoms. The van der Waals surface area contributed by atoms with Gasteiger partial charge in [0.1, 0.15) is 11.3 Å². The minimum atomic E-state index is 0.464. The van der Waals surface area contributed by atoms with E-state index < -0.39 is 0 Å². The van der Waals surface area contributed by atoms with Gasteiger partial charge < -0.3 is 10.1 Å². The summed E-state index contributed by atoms with van der Waals surface area (Å²) < 4.78 is 9.41. The first-order chi connectivity index (χ1) is 15.6. The van der Waals surface area contributed by atoms with E-state index in [1.165, 1.54) is 0 Å². The lowest BCUT2D eigenvalue weighted by Crippen LogP contribution is -2.02. The second kappa shape index (κ2) is 8.10. The summed E-state index contributed by atoms with van der Waals surface area (Å²) in [5.41, 5.74) is 5.24. The molecule has 0 saturated heterocycles. The van der Waals surface area contributed by atoms with E-state index >= 15 is 0 Å². The molecule has 0 spiro atoms. The molecule has 5 aromatic rings. The number of aromatic nitrogens is 7. The first-order valence-corrected chi connectivity index (χ1v) is 10.2. The van der Waals surface area contributed by atoms with Gasteiger partial charge >= 0.3 is 0 Å². The number of rotatable bonds is 6. The van der Waals surface area contributed by atoms with E-state index in [1.54, 1.807) is 28.0 Å². The molecule has 0 bridgehead atoms. The van der Waals surface area contributed by atoms with Crippen LogP contribution in [0.1, 0.15) is 6.92 Å².